The van der Waals surface area contributed by atoms with Crippen LogP contribution in [-0.2, 0) is 4.79 Å². The van der Waals surface area contributed by atoms with Crippen molar-refractivity contribution < 1.29 is 23.5 Å². The van der Waals surface area contributed by atoms with Gasteiger partial charge in [0.2, 0.25) is 0 Å². The second-order valence-electron chi connectivity index (χ2n) is 5.88. The van der Waals surface area contributed by atoms with Crippen LogP contribution < -0.4 is 5.32 Å². The molecule has 1 heterocycles. The van der Waals surface area contributed by atoms with Crippen molar-refractivity contribution in [2.24, 2.45) is 5.92 Å². The van der Waals surface area contributed by atoms with Crippen LogP contribution in [0.2, 0.25) is 0 Å². The summed E-state index contributed by atoms with van der Waals surface area (Å²) < 4.78 is 26.5. The number of aliphatic hydroxyl groups excluding tert-OH is 1. The van der Waals surface area contributed by atoms with Crippen LogP contribution in [0, 0.1) is 17.6 Å². The minimum Gasteiger partial charge on any atom is -0.386 e. The number of urea groups is 1. The number of nitrogens with one attached hydrogen (secondary N) is 1. The Morgan fingerprint density at radius 3 is 2.45 bits per heavy atom. The van der Waals surface area contributed by atoms with Crippen LogP contribution >= 0.6 is 0 Å². The smallest absolute Gasteiger partial charge is 0.325 e. The van der Waals surface area contributed by atoms with Crippen LogP contribution in [-0.4, -0.2) is 34.0 Å². The third-order valence-electron chi connectivity index (χ3n) is 4.13. The molecular weight excluding hydrogens is 294 g/mol. The number of aliphatic hydroxyl groups is 1. The summed E-state index contributed by atoms with van der Waals surface area (Å²) in [6.07, 6.45) is -1.43. The van der Waals surface area contributed by atoms with Crippen LogP contribution in [0.5, 0.6) is 0 Å². The molecule has 1 aromatic carbocycles. The van der Waals surface area contributed by atoms with E-state index in [-0.39, 0.29) is 11.5 Å². The van der Waals surface area contributed by atoms with E-state index in [9.17, 15) is 23.5 Å². The van der Waals surface area contributed by atoms with Crippen molar-refractivity contribution in [2.45, 2.75) is 32.4 Å². The molecule has 0 spiro atoms. The molecule has 2 atom stereocenters. The maximum atomic E-state index is 13.6. The highest BCUT2D eigenvalue weighted by Gasteiger charge is 2.50. The molecule has 1 aliphatic rings. The van der Waals surface area contributed by atoms with Crippen LogP contribution in [0.1, 0.15) is 32.4 Å². The Balaban J connectivity index is 2.20. The van der Waals surface area contributed by atoms with Crippen LogP contribution in [0.3, 0.4) is 0 Å². The number of hydrogen-bond donors (Lipinski definition) is 2. The largest absolute Gasteiger partial charge is 0.386 e. The molecular formula is C15H18F2N2O3. The van der Waals surface area contributed by atoms with Gasteiger partial charge < -0.3 is 10.4 Å². The summed E-state index contributed by atoms with van der Waals surface area (Å²) in [6, 6.07) is 2.10. The monoisotopic (exact) mass is 312 g/mol. The van der Waals surface area contributed by atoms with E-state index in [1.807, 2.05) is 0 Å². The number of benzene rings is 1. The lowest BCUT2D eigenvalue weighted by molar-refractivity contribution is -0.133. The molecule has 1 aliphatic heterocycles. The Morgan fingerprint density at radius 1 is 1.32 bits per heavy atom. The number of rotatable bonds is 4. The van der Waals surface area contributed by atoms with Crippen LogP contribution in [0.4, 0.5) is 13.6 Å². The highest BCUT2D eigenvalue weighted by atomic mass is 19.1. The number of nitrogens with zero attached hydrogens (tertiary/aromatic N) is 1. The molecule has 3 amide bonds. The van der Waals surface area contributed by atoms with Gasteiger partial charge in [0, 0.05) is 11.6 Å². The predicted octanol–water partition coefficient (Wildman–Crippen LogP) is 1.96. The van der Waals surface area contributed by atoms with Crippen molar-refractivity contribution in [1.82, 2.24) is 10.2 Å². The lowest BCUT2D eigenvalue weighted by Gasteiger charge is -2.26. The SMILES string of the molecule is CC(C)[C@@]1(C)NC(=O)N(C[C@@H](O)c2ccc(F)cc2F)C1=O. The van der Waals surface area contributed by atoms with Gasteiger partial charge in [-0.25, -0.2) is 13.6 Å². The molecule has 22 heavy (non-hydrogen) atoms. The topological polar surface area (TPSA) is 69.6 Å². The molecule has 1 fully saturated rings. The van der Waals surface area contributed by atoms with Crippen LogP contribution in [0.25, 0.3) is 0 Å². The highest BCUT2D eigenvalue weighted by molar-refractivity contribution is 6.07. The van der Waals surface area contributed by atoms with E-state index in [2.05, 4.69) is 5.32 Å². The van der Waals surface area contributed by atoms with Gasteiger partial charge in [-0.05, 0) is 18.9 Å². The highest BCUT2D eigenvalue weighted by Crippen LogP contribution is 2.28. The van der Waals surface area contributed by atoms with E-state index in [1.54, 1.807) is 20.8 Å². The summed E-state index contributed by atoms with van der Waals surface area (Å²) in [5, 5.41) is 12.6. The third kappa shape index (κ3) is 2.68. The normalized spacial score (nSPS) is 23.1. The van der Waals surface area contributed by atoms with Gasteiger partial charge in [-0.15, -0.1) is 0 Å². The van der Waals surface area contributed by atoms with Crippen molar-refractivity contribution in [2.75, 3.05) is 6.54 Å². The summed E-state index contributed by atoms with van der Waals surface area (Å²) in [5.41, 5.74) is -1.22. The van der Waals surface area contributed by atoms with E-state index in [1.165, 1.54) is 0 Å². The molecule has 0 aromatic heterocycles. The van der Waals surface area contributed by atoms with E-state index >= 15 is 0 Å². The fraction of sp³-hybridized carbons (Fsp3) is 0.467. The molecule has 2 N–H and O–H groups in total. The molecule has 0 aliphatic carbocycles. The number of carbonyl (C=O) groups excluding carboxylic acids is 2. The van der Waals surface area contributed by atoms with Gasteiger partial charge in [0.1, 0.15) is 17.2 Å². The molecule has 120 valence electrons. The van der Waals surface area contributed by atoms with Crippen LogP contribution in [0.15, 0.2) is 18.2 Å². The molecule has 1 aromatic rings. The summed E-state index contributed by atoms with van der Waals surface area (Å²) in [7, 11) is 0. The molecule has 0 unspecified atom stereocenters. The number of halogens is 2. The van der Waals surface area contributed by atoms with Crippen molar-refractivity contribution in [3.63, 3.8) is 0 Å². The first kappa shape index (κ1) is 16.4. The number of carbonyl (C=O) groups is 2. The molecule has 2 rings (SSSR count). The summed E-state index contributed by atoms with van der Waals surface area (Å²) in [4.78, 5) is 25.2. The first-order valence-corrected chi connectivity index (χ1v) is 6.94. The maximum Gasteiger partial charge on any atom is 0.325 e. The zero-order valence-electron chi connectivity index (χ0n) is 12.6. The van der Waals surface area contributed by atoms with Gasteiger partial charge in [-0.2, -0.15) is 0 Å². The molecule has 0 radical (unpaired) electrons. The second kappa shape index (κ2) is 5.64. The fourth-order valence-electron chi connectivity index (χ4n) is 2.32. The number of amides is 3. The Kier molecular flexibility index (Phi) is 4.19. The van der Waals surface area contributed by atoms with Gasteiger partial charge >= 0.3 is 6.03 Å². The molecule has 7 heteroatoms. The van der Waals surface area contributed by atoms with E-state index in [4.69, 9.17) is 0 Å². The number of β-amino-alcohol motifs (C(OH)–C–C–N with tert-alkyl or cyclic N) is 1. The van der Waals surface area contributed by atoms with Crippen molar-refractivity contribution in [1.29, 1.82) is 0 Å². The first-order chi connectivity index (χ1) is 10.2. The van der Waals surface area contributed by atoms with E-state index < -0.39 is 41.8 Å². The lowest BCUT2D eigenvalue weighted by Crippen LogP contribution is -2.48. The Bertz CT molecular complexity index is 621. The summed E-state index contributed by atoms with van der Waals surface area (Å²) in [6.45, 7) is 4.79. The van der Waals surface area contributed by atoms with Gasteiger partial charge in [-0.1, -0.05) is 19.9 Å². The fourth-order valence-corrected chi connectivity index (χ4v) is 2.32. The average Bonchev–Trinajstić information content (AvgIpc) is 2.63. The zero-order valence-corrected chi connectivity index (χ0v) is 12.6. The molecule has 0 saturated carbocycles. The number of imide groups is 1. The maximum absolute atomic E-state index is 13.6. The predicted molar refractivity (Wildman–Crippen MR) is 74.8 cm³/mol. The number of hydrogen-bond acceptors (Lipinski definition) is 3. The van der Waals surface area contributed by atoms with Crippen molar-refractivity contribution in [3.8, 4) is 0 Å². The van der Waals surface area contributed by atoms with Gasteiger partial charge in [0.05, 0.1) is 12.6 Å². The minimum atomic E-state index is -1.43. The molecule has 0 bridgehead atoms. The van der Waals surface area contributed by atoms with Gasteiger partial charge in [0.15, 0.2) is 0 Å². The Morgan fingerprint density at radius 2 is 1.95 bits per heavy atom. The van der Waals surface area contributed by atoms with Gasteiger partial charge in [-0.3, -0.25) is 9.69 Å². The molecule has 1 saturated heterocycles. The zero-order chi connectivity index (χ0) is 16.7. The average molecular weight is 312 g/mol. The Hall–Kier alpha value is -2.02. The standard InChI is InChI=1S/C15H18F2N2O3/c1-8(2)15(3)13(21)19(14(22)18-15)7-12(20)10-5-4-9(16)6-11(10)17/h4-6,8,12,20H,7H2,1-3H3,(H,18,22)/t12-,15-/m1/s1. The third-order valence-corrected chi connectivity index (χ3v) is 4.13. The lowest BCUT2D eigenvalue weighted by atomic mass is 9.88. The minimum absolute atomic E-state index is 0.145. The van der Waals surface area contributed by atoms with E-state index in [0.717, 1.165) is 17.0 Å². The molecule has 5 nitrogen and oxygen atoms in total. The van der Waals surface area contributed by atoms with Crippen molar-refractivity contribution in [3.05, 3.63) is 35.4 Å². The quantitative estimate of drug-likeness (QED) is 0.835. The Labute approximate surface area is 126 Å². The van der Waals surface area contributed by atoms with Gasteiger partial charge in [0.25, 0.3) is 5.91 Å². The first-order valence-electron chi connectivity index (χ1n) is 6.94. The van der Waals surface area contributed by atoms with Crippen molar-refractivity contribution >= 4 is 11.9 Å². The second-order valence-corrected chi connectivity index (χ2v) is 5.88. The van der Waals surface area contributed by atoms with E-state index in [0.29, 0.717) is 6.07 Å². The summed E-state index contributed by atoms with van der Waals surface area (Å²) in [5.74, 6) is -2.32. The summed E-state index contributed by atoms with van der Waals surface area (Å²) >= 11 is 0.